The summed E-state index contributed by atoms with van der Waals surface area (Å²) in [4.78, 5) is 25.7. The fraction of sp³-hybridized carbons (Fsp3) is 0.579. The lowest BCUT2D eigenvalue weighted by molar-refractivity contribution is -0.137. The van der Waals surface area contributed by atoms with Crippen LogP contribution in [0.1, 0.15) is 45.6 Å². The molecule has 1 saturated heterocycles. The predicted molar refractivity (Wildman–Crippen MR) is 96.9 cm³/mol. The Hall–Kier alpha value is -2.08. The highest BCUT2D eigenvalue weighted by Crippen LogP contribution is 2.28. The summed E-state index contributed by atoms with van der Waals surface area (Å²) in [7, 11) is 0. The maximum atomic E-state index is 12.3. The molecule has 1 atom stereocenters. The van der Waals surface area contributed by atoms with Crippen LogP contribution >= 0.6 is 0 Å². The van der Waals surface area contributed by atoms with Crippen LogP contribution in [0.15, 0.2) is 24.3 Å². The van der Waals surface area contributed by atoms with Crippen molar-refractivity contribution in [3.8, 4) is 5.75 Å². The smallest absolute Gasteiger partial charge is 0.260 e. The minimum Gasteiger partial charge on any atom is -0.484 e. The van der Waals surface area contributed by atoms with Crippen molar-refractivity contribution in [1.29, 1.82) is 0 Å². The number of carbonyl (C=O) groups excluding carboxylic acids is 2. The van der Waals surface area contributed by atoms with E-state index in [-0.39, 0.29) is 29.8 Å². The third-order valence-electron chi connectivity index (χ3n) is 5.17. The second-order valence-electron chi connectivity index (χ2n) is 7.24. The Kier molecular flexibility index (Phi) is 6.42. The van der Waals surface area contributed by atoms with Gasteiger partial charge in [-0.25, -0.2) is 5.84 Å². The summed E-state index contributed by atoms with van der Waals surface area (Å²) in [6.45, 7) is 7.61. The highest BCUT2D eigenvalue weighted by molar-refractivity contribution is 5.81. The van der Waals surface area contributed by atoms with Gasteiger partial charge in [0.1, 0.15) is 5.75 Å². The van der Waals surface area contributed by atoms with Gasteiger partial charge in [0.15, 0.2) is 6.61 Å². The first kappa shape index (κ1) is 19.2. The number of benzene rings is 1. The number of rotatable bonds is 6. The lowest BCUT2D eigenvalue weighted by atomic mass is 9.82. The fourth-order valence-corrected chi connectivity index (χ4v) is 2.98. The second-order valence-corrected chi connectivity index (χ2v) is 7.24. The van der Waals surface area contributed by atoms with E-state index in [1.165, 1.54) is 5.56 Å². The number of likely N-dealkylation sites (tertiary alicyclic amines) is 1. The van der Waals surface area contributed by atoms with E-state index in [9.17, 15) is 9.59 Å². The number of carbonyl (C=O) groups is 2. The largest absolute Gasteiger partial charge is 0.484 e. The Morgan fingerprint density at radius 2 is 2.00 bits per heavy atom. The van der Waals surface area contributed by atoms with Crippen LogP contribution in [0.2, 0.25) is 0 Å². The third-order valence-corrected chi connectivity index (χ3v) is 5.17. The average molecular weight is 347 g/mol. The monoisotopic (exact) mass is 347 g/mol. The first-order valence-corrected chi connectivity index (χ1v) is 8.89. The standard InChI is InChI=1S/C19H29N3O3/c1-4-19(2,3)15-7-9-16(10-8-15)25-13-17(23)22-11-5-6-14(12-22)18(24)21-20/h7-10,14H,4-6,11-13,20H2,1-3H3,(H,21,24). The molecule has 3 N–H and O–H groups in total. The Bertz CT molecular complexity index is 598. The molecule has 25 heavy (non-hydrogen) atoms. The van der Waals surface area contributed by atoms with E-state index in [4.69, 9.17) is 10.6 Å². The molecular formula is C19H29N3O3. The van der Waals surface area contributed by atoms with E-state index >= 15 is 0 Å². The van der Waals surface area contributed by atoms with Crippen LogP contribution in [-0.2, 0) is 15.0 Å². The Labute approximate surface area is 149 Å². The number of hydrogen-bond donors (Lipinski definition) is 2. The molecule has 1 heterocycles. The maximum absolute atomic E-state index is 12.3. The van der Waals surface area contributed by atoms with Crippen molar-refractivity contribution in [1.82, 2.24) is 10.3 Å². The SMILES string of the molecule is CCC(C)(C)c1ccc(OCC(=O)N2CCCC(C(=O)NN)C2)cc1. The van der Waals surface area contributed by atoms with E-state index in [1.54, 1.807) is 4.90 Å². The molecule has 1 aromatic rings. The Balaban J connectivity index is 1.88. The van der Waals surface area contributed by atoms with Crippen LogP contribution in [0, 0.1) is 5.92 Å². The molecule has 2 rings (SSSR count). The highest BCUT2D eigenvalue weighted by Gasteiger charge is 2.28. The first-order valence-electron chi connectivity index (χ1n) is 8.89. The van der Waals surface area contributed by atoms with E-state index in [0.717, 1.165) is 19.3 Å². The summed E-state index contributed by atoms with van der Waals surface area (Å²) < 4.78 is 5.63. The van der Waals surface area contributed by atoms with Crippen LogP contribution in [-0.4, -0.2) is 36.4 Å². The van der Waals surface area contributed by atoms with Gasteiger partial charge in [-0.05, 0) is 42.4 Å². The van der Waals surface area contributed by atoms with Crippen LogP contribution in [0.3, 0.4) is 0 Å². The molecule has 0 aliphatic carbocycles. The lowest BCUT2D eigenvalue weighted by Crippen LogP contribution is -2.48. The number of nitrogens with zero attached hydrogens (tertiary/aromatic N) is 1. The van der Waals surface area contributed by atoms with Gasteiger partial charge in [0.25, 0.3) is 5.91 Å². The number of ether oxygens (including phenoxy) is 1. The van der Waals surface area contributed by atoms with Crippen LogP contribution in [0.25, 0.3) is 0 Å². The van der Waals surface area contributed by atoms with Crippen molar-refractivity contribution in [3.63, 3.8) is 0 Å². The first-order chi connectivity index (χ1) is 11.9. The van der Waals surface area contributed by atoms with E-state index in [0.29, 0.717) is 18.8 Å². The number of amides is 2. The zero-order valence-electron chi connectivity index (χ0n) is 15.4. The van der Waals surface area contributed by atoms with E-state index in [2.05, 4.69) is 26.2 Å². The fourth-order valence-electron chi connectivity index (χ4n) is 2.98. The topological polar surface area (TPSA) is 84.7 Å². The molecule has 0 saturated carbocycles. The van der Waals surface area contributed by atoms with Crippen LogP contribution in [0.4, 0.5) is 0 Å². The maximum Gasteiger partial charge on any atom is 0.260 e. The van der Waals surface area contributed by atoms with Gasteiger partial charge in [0, 0.05) is 13.1 Å². The van der Waals surface area contributed by atoms with Gasteiger partial charge in [0.2, 0.25) is 5.91 Å². The van der Waals surface area contributed by atoms with Gasteiger partial charge in [-0.1, -0.05) is 32.9 Å². The molecule has 0 radical (unpaired) electrons. The molecule has 138 valence electrons. The van der Waals surface area contributed by atoms with Crippen molar-refractivity contribution in [2.75, 3.05) is 19.7 Å². The number of hydrogen-bond acceptors (Lipinski definition) is 4. The molecule has 1 aliphatic heterocycles. The summed E-state index contributed by atoms with van der Waals surface area (Å²) in [5.74, 6) is 5.31. The molecule has 0 spiro atoms. The molecule has 2 amide bonds. The molecule has 1 unspecified atom stereocenters. The van der Waals surface area contributed by atoms with Gasteiger partial charge >= 0.3 is 0 Å². The Morgan fingerprint density at radius 1 is 1.32 bits per heavy atom. The summed E-state index contributed by atoms with van der Waals surface area (Å²) in [5.41, 5.74) is 3.54. The molecule has 6 heteroatoms. The highest BCUT2D eigenvalue weighted by atomic mass is 16.5. The minimum absolute atomic E-state index is 0.0204. The van der Waals surface area contributed by atoms with Crippen LogP contribution < -0.4 is 16.0 Å². The van der Waals surface area contributed by atoms with E-state index in [1.807, 2.05) is 24.3 Å². The molecule has 1 aliphatic rings. The molecule has 0 bridgehead atoms. The zero-order valence-corrected chi connectivity index (χ0v) is 15.4. The van der Waals surface area contributed by atoms with Crippen molar-refractivity contribution in [2.45, 2.75) is 45.4 Å². The normalized spacial score (nSPS) is 17.9. The van der Waals surface area contributed by atoms with Crippen LogP contribution in [0.5, 0.6) is 5.75 Å². The third kappa shape index (κ3) is 4.95. The van der Waals surface area contributed by atoms with Gasteiger partial charge in [-0.2, -0.15) is 0 Å². The van der Waals surface area contributed by atoms with Crippen molar-refractivity contribution >= 4 is 11.8 Å². The average Bonchev–Trinajstić information content (AvgIpc) is 2.65. The summed E-state index contributed by atoms with van der Waals surface area (Å²) in [5, 5.41) is 0. The second kappa shape index (κ2) is 8.34. The number of nitrogens with two attached hydrogens (primary N) is 1. The van der Waals surface area contributed by atoms with Crippen molar-refractivity contribution in [3.05, 3.63) is 29.8 Å². The molecular weight excluding hydrogens is 318 g/mol. The number of hydrazine groups is 1. The van der Waals surface area contributed by atoms with Crippen molar-refractivity contribution in [2.24, 2.45) is 11.8 Å². The van der Waals surface area contributed by atoms with Gasteiger partial charge < -0.3 is 9.64 Å². The van der Waals surface area contributed by atoms with E-state index < -0.39 is 0 Å². The van der Waals surface area contributed by atoms with Crippen molar-refractivity contribution < 1.29 is 14.3 Å². The van der Waals surface area contributed by atoms with Gasteiger partial charge in [0.05, 0.1) is 5.92 Å². The van der Waals surface area contributed by atoms with Gasteiger partial charge in [-0.15, -0.1) is 0 Å². The molecule has 6 nitrogen and oxygen atoms in total. The zero-order chi connectivity index (χ0) is 18.4. The lowest BCUT2D eigenvalue weighted by Gasteiger charge is -2.31. The van der Waals surface area contributed by atoms with Gasteiger partial charge in [-0.3, -0.25) is 15.0 Å². The molecule has 0 aromatic heterocycles. The quantitative estimate of drug-likeness (QED) is 0.468. The minimum atomic E-state index is -0.238. The summed E-state index contributed by atoms with van der Waals surface area (Å²) >= 11 is 0. The molecule has 1 aromatic carbocycles. The summed E-state index contributed by atoms with van der Waals surface area (Å²) in [6, 6.07) is 7.90. The molecule has 1 fully saturated rings. The predicted octanol–water partition coefficient (Wildman–Crippen LogP) is 1.98. The number of nitrogens with one attached hydrogen (secondary N) is 1. The summed E-state index contributed by atoms with van der Waals surface area (Å²) in [6.07, 6.45) is 2.60. The Morgan fingerprint density at radius 3 is 2.60 bits per heavy atom. The number of piperidine rings is 1.